The summed E-state index contributed by atoms with van der Waals surface area (Å²) in [6.07, 6.45) is 15.2. The third-order valence-electron chi connectivity index (χ3n) is 7.79. The number of allylic oxidation sites excluding steroid dienone is 3. The van der Waals surface area contributed by atoms with Crippen LogP contribution in [0.15, 0.2) is 102 Å². The highest BCUT2D eigenvalue weighted by atomic mass is 16.1. The largest absolute Gasteiger partial charge is 0.372 e. The van der Waals surface area contributed by atoms with E-state index in [9.17, 15) is 4.79 Å². The Bertz CT molecular complexity index is 1780. The fourth-order valence-corrected chi connectivity index (χ4v) is 5.85. The van der Waals surface area contributed by atoms with Crippen molar-refractivity contribution in [3.63, 3.8) is 0 Å². The summed E-state index contributed by atoms with van der Waals surface area (Å²) in [4.78, 5) is 25.2. The highest BCUT2D eigenvalue weighted by Crippen LogP contribution is 2.32. The SMILES string of the molecule is O=c1ccc2cnc3ccc(-c4cnc5ccccc5c4)cc3c2n1C1C=CC(N2CCCCC2)=CC1. The van der Waals surface area contributed by atoms with E-state index in [4.69, 9.17) is 4.98 Å². The van der Waals surface area contributed by atoms with E-state index in [0.29, 0.717) is 0 Å². The quantitative estimate of drug-likeness (QED) is 0.270. The van der Waals surface area contributed by atoms with Gasteiger partial charge in [0.2, 0.25) is 0 Å². The van der Waals surface area contributed by atoms with Crippen LogP contribution < -0.4 is 5.56 Å². The second-order valence-electron chi connectivity index (χ2n) is 10.1. The molecule has 2 aliphatic rings. The van der Waals surface area contributed by atoms with Crippen LogP contribution in [0.1, 0.15) is 31.7 Å². The van der Waals surface area contributed by atoms with Crippen LogP contribution in [0.3, 0.4) is 0 Å². The highest BCUT2D eigenvalue weighted by Gasteiger charge is 2.20. The zero-order valence-corrected chi connectivity index (χ0v) is 20.7. The second-order valence-corrected chi connectivity index (χ2v) is 10.1. The van der Waals surface area contributed by atoms with E-state index in [0.717, 1.165) is 63.3 Å². The number of likely N-dealkylation sites (tertiary alicyclic amines) is 1. The van der Waals surface area contributed by atoms with Crippen LogP contribution in [0.5, 0.6) is 0 Å². The molecule has 0 bridgehead atoms. The monoisotopic (exact) mass is 484 g/mol. The Morgan fingerprint density at radius 2 is 1.65 bits per heavy atom. The molecular formula is C32H28N4O. The summed E-state index contributed by atoms with van der Waals surface area (Å²) in [5, 5.41) is 3.07. The van der Waals surface area contributed by atoms with E-state index in [-0.39, 0.29) is 11.6 Å². The van der Waals surface area contributed by atoms with E-state index < -0.39 is 0 Å². The van der Waals surface area contributed by atoms with Crippen molar-refractivity contribution in [3.05, 3.63) is 107 Å². The van der Waals surface area contributed by atoms with Gasteiger partial charge in [-0.3, -0.25) is 14.8 Å². The third-order valence-corrected chi connectivity index (χ3v) is 7.79. The van der Waals surface area contributed by atoms with Gasteiger partial charge in [0.1, 0.15) is 0 Å². The zero-order valence-electron chi connectivity index (χ0n) is 20.7. The molecule has 0 radical (unpaired) electrons. The minimum absolute atomic E-state index is 0.0160. The van der Waals surface area contributed by atoms with Gasteiger partial charge in [0.15, 0.2) is 0 Å². The van der Waals surface area contributed by atoms with Gasteiger partial charge in [0, 0.05) is 59.0 Å². The summed E-state index contributed by atoms with van der Waals surface area (Å²) in [6, 6.07) is 20.2. The first-order valence-corrected chi connectivity index (χ1v) is 13.2. The number of hydrogen-bond acceptors (Lipinski definition) is 4. The topological polar surface area (TPSA) is 51.0 Å². The summed E-state index contributed by atoms with van der Waals surface area (Å²) in [5.74, 6) is 0. The number of para-hydroxylation sites is 1. The van der Waals surface area contributed by atoms with Crippen molar-refractivity contribution in [2.75, 3.05) is 13.1 Å². The molecule has 0 saturated carbocycles. The Hall–Kier alpha value is -4.25. The number of aromatic nitrogens is 3. The maximum Gasteiger partial charge on any atom is 0.251 e. The minimum Gasteiger partial charge on any atom is -0.372 e. The standard InChI is InChI=1S/C32H28N4O/c37-31-15-9-24-20-34-30-14-8-22(25-18-23-6-2-3-7-29(23)33-21-25)19-28(30)32(24)36(31)27-12-10-26(11-13-27)35-16-4-1-5-17-35/h2-3,6-12,14-15,18-21,27H,1,4-5,13,16-17H2. The van der Waals surface area contributed by atoms with Gasteiger partial charge in [-0.2, -0.15) is 0 Å². The summed E-state index contributed by atoms with van der Waals surface area (Å²) < 4.78 is 1.96. The Morgan fingerprint density at radius 1 is 0.784 bits per heavy atom. The predicted octanol–water partition coefficient (Wildman–Crippen LogP) is 6.64. The van der Waals surface area contributed by atoms with E-state index in [1.165, 1.54) is 25.0 Å². The molecule has 5 heteroatoms. The summed E-state index contributed by atoms with van der Waals surface area (Å²) in [7, 11) is 0. The molecule has 1 atom stereocenters. The smallest absolute Gasteiger partial charge is 0.251 e. The van der Waals surface area contributed by atoms with E-state index in [1.54, 1.807) is 6.07 Å². The van der Waals surface area contributed by atoms with Crippen LogP contribution in [0.4, 0.5) is 0 Å². The van der Waals surface area contributed by atoms with Crippen molar-refractivity contribution in [1.29, 1.82) is 0 Å². The van der Waals surface area contributed by atoms with Gasteiger partial charge in [-0.05, 0) is 67.7 Å². The van der Waals surface area contributed by atoms with Crippen molar-refractivity contribution < 1.29 is 0 Å². The minimum atomic E-state index is -0.0265. The van der Waals surface area contributed by atoms with Gasteiger partial charge in [-0.15, -0.1) is 0 Å². The molecule has 2 aromatic carbocycles. The van der Waals surface area contributed by atoms with E-state index in [1.807, 2.05) is 47.3 Å². The van der Waals surface area contributed by atoms with Gasteiger partial charge in [0.25, 0.3) is 5.56 Å². The number of pyridine rings is 3. The van der Waals surface area contributed by atoms with E-state index in [2.05, 4.69) is 52.4 Å². The first kappa shape index (κ1) is 22.0. The van der Waals surface area contributed by atoms with Crippen LogP contribution in [0.2, 0.25) is 0 Å². The normalized spacial score (nSPS) is 18.0. The van der Waals surface area contributed by atoms with Crippen LogP contribution in [0.25, 0.3) is 43.8 Å². The Balaban J connectivity index is 1.35. The first-order chi connectivity index (χ1) is 18.2. The molecule has 0 spiro atoms. The van der Waals surface area contributed by atoms with Gasteiger partial charge in [-0.1, -0.05) is 36.4 Å². The van der Waals surface area contributed by atoms with Crippen molar-refractivity contribution >= 4 is 32.7 Å². The lowest BCUT2D eigenvalue weighted by molar-refractivity contribution is 0.290. The molecule has 1 saturated heterocycles. The number of hydrogen-bond donors (Lipinski definition) is 0. The van der Waals surface area contributed by atoms with Gasteiger partial charge >= 0.3 is 0 Å². The number of fused-ring (bicyclic) bond motifs is 4. The summed E-state index contributed by atoms with van der Waals surface area (Å²) in [5.41, 5.74) is 6.23. The first-order valence-electron chi connectivity index (χ1n) is 13.2. The lowest BCUT2D eigenvalue weighted by atomic mass is 10.00. The van der Waals surface area contributed by atoms with Crippen LogP contribution >= 0.6 is 0 Å². The lowest BCUT2D eigenvalue weighted by Gasteiger charge is -2.32. The van der Waals surface area contributed by atoms with Crippen molar-refractivity contribution in [1.82, 2.24) is 19.4 Å². The molecule has 0 N–H and O–H groups in total. The lowest BCUT2D eigenvalue weighted by Crippen LogP contribution is -2.30. The number of nitrogens with zero attached hydrogens (tertiary/aromatic N) is 4. The molecule has 3 aromatic heterocycles. The van der Waals surface area contributed by atoms with Crippen molar-refractivity contribution in [3.8, 4) is 11.1 Å². The predicted molar refractivity (Wildman–Crippen MR) is 151 cm³/mol. The Kier molecular flexibility index (Phi) is 5.35. The molecule has 7 rings (SSSR count). The number of piperidine rings is 1. The van der Waals surface area contributed by atoms with Crippen LogP contribution in [-0.4, -0.2) is 32.5 Å². The zero-order chi connectivity index (χ0) is 24.8. The number of benzene rings is 2. The summed E-state index contributed by atoms with van der Waals surface area (Å²) >= 11 is 0. The average molecular weight is 485 g/mol. The fourth-order valence-electron chi connectivity index (χ4n) is 5.85. The molecule has 182 valence electrons. The molecule has 5 nitrogen and oxygen atoms in total. The Labute approximate surface area is 215 Å². The van der Waals surface area contributed by atoms with Crippen LogP contribution in [0, 0.1) is 0 Å². The number of rotatable bonds is 3. The molecule has 4 heterocycles. The fraction of sp³-hybridized carbons (Fsp3) is 0.219. The molecule has 37 heavy (non-hydrogen) atoms. The van der Waals surface area contributed by atoms with Crippen molar-refractivity contribution in [2.45, 2.75) is 31.7 Å². The molecule has 1 aliphatic carbocycles. The summed E-state index contributed by atoms with van der Waals surface area (Å²) in [6.45, 7) is 2.25. The maximum atomic E-state index is 13.3. The molecular weight excluding hydrogens is 456 g/mol. The van der Waals surface area contributed by atoms with E-state index >= 15 is 0 Å². The second kappa shape index (κ2) is 9.00. The molecule has 1 unspecified atom stereocenters. The molecule has 1 aliphatic heterocycles. The van der Waals surface area contributed by atoms with Gasteiger partial charge in [0.05, 0.1) is 22.6 Å². The third kappa shape index (κ3) is 3.91. The maximum absolute atomic E-state index is 13.3. The van der Waals surface area contributed by atoms with Gasteiger partial charge in [-0.25, -0.2) is 0 Å². The van der Waals surface area contributed by atoms with Crippen LogP contribution in [-0.2, 0) is 0 Å². The Morgan fingerprint density at radius 3 is 2.51 bits per heavy atom. The average Bonchev–Trinajstić information content (AvgIpc) is 2.97. The highest BCUT2D eigenvalue weighted by molar-refractivity contribution is 6.05. The molecule has 0 amide bonds. The molecule has 5 aromatic rings. The van der Waals surface area contributed by atoms with Gasteiger partial charge < -0.3 is 9.47 Å². The van der Waals surface area contributed by atoms with Crippen molar-refractivity contribution in [2.24, 2.45) is 0 Å². The molecule has 1 fully saturated rings.